The Morgan fingerprint density at radius 3 is 2.63 bits per heavy atom. The Kier molecular flexibility index (Phi) is 3.15. The van der Waals surface area contributed by atoms with Crippen molar-refractivity contribution in [3.05, 3.63) is 0 Å². The van der Waals surface area contributed by atoms with Gasteiger partial charge in [0.1, 0.15) is 5.78 Å². The Hall–Kier alpha value is -0.0800. The number of halogens is 1. The fourth-order valence-corrected chi connectivity index (χ4v) is 5.80. The average Bonchev–Trinajstić information content (AvgIpc) is 2.69. The van der Waals surface area contributed by atoms with E-state index in [0.717, 1.165) is 24.9 Å². The zero-order valence-corrected chi connectivity index (χ0v) is 12.3. The van der Waals surface area contributed by atoms with E-state index in [1.807, 2.05) is 0 Å². The minimum Gasteiger partial charge on any atom is -0.299 e. The van der Waals surface area contributed by atoms with Crippen LogP contribution in [0.1, 0.15) is 51.4 Å². The Bertz CT molecular complexity index is 377. The van der Waals surface area contributed by atoms with Gasteiger partial charge in [0.2, 0.25) is 0 Å². The molecule has 5 atom stereocenters. The summed E-state index contributed by atoms with van der Waals surface area (Å²) in [7, 11) is 0. The van der Waals surface area contributed by atoms with Crippen molar-refractivity contribution in [2.75, 3.05) is 6.54 Å². The van der Waals surface area contributed by atoms with Gasteiger partial charge in [0.05, 0.1) is 0 Å². The highest BCUT2D eigenvalue weighted by molar-refractivity contribution is 6.20. The SMILES string of the molecule is O=C1CCN2C3CC[C@@H]2C[C@H](C2CCC(Cl)CC2)C13. The molecule has 0 spiro atoms. The van der Waals surface area contributed by atoms with Gasteiger partial charge in [-0.1, -0.05) is 0 Å². The number of ketones is 1. The van der Waals surface area contributed by atoms with Crippen molar-refractivity contribution >= 4 is 17.4 Å². The first-order valence-corrected chi connectivity index (χ1v) is 8.60. The number of alkyl halides is 1. The summed E-state index contributed by atoms with van der Waals surface area (Å²) in [6, 6.07) is 1.41. The lowest BCUT2D eigenvalue weighted by molar-refractivity contribution is -0.137. The summed E-state index contributed by atoms with van der Waals surface area (Å²) in [5.74, 6) is 2.43. The van der Waals surface area contributed by atoms with Crippen LogP contribution in [0.2, 0.25) is 0 Å². The molecule has 2 nitrogen and oxygen atoms in total. The van der Waals surface area contributed by atoms with Crippen molar-refractivity contribution in [1.29, 1.82) is 0 Å². The Morgan fingerprint density at radius 2 is 1.84 bits per heavy atom. The van der Waals surface area contributed by atoms with Gasteiger partial charge in [0, 0.05) is 36.3 Å². The highest BCUT2D eigenvalue weighted by atomic mass is 35.5. The van der Waals surface area contributed by atoms with Crippen molar-refractivity contribution in [2.24, 2.45) is 17.8 Å². The summed E-state index contributed by atoms with van der Waals surface area (Å²) in [5.41, 5.74) is 0. The molecule has 0 aromatic heterocycles. The third-order valence-corrected chi connectivity index (χ3v) is 6.84. The smallest absolute Gasteiger partial charge is 0.139 e. The molecule has 19 heavy (non-hydrogen) atoms. The molecule has 0 aromatic rings. The first-order valence-electron chi connectivity index (χ1n) is 8.16. The number of carbonyl (C=O) groups is 1. The van der Waals surface area contributed by atoms with E-state index in [9.17, 15) is 4.79 Å². The van der Waals surface area contributed by atoms with Gasteiger partial charge in [-0.3, -0.25) is 9.69 Å². The topological polar surface area (TPSA) is 20.3 Å². The van der Waals surface area contributed by atoms with Crippen LogP contribution in [0.5, 0.6) is 0 Å². The Labute approximate surface area is 120 Å². The fourth-order valence-electron chi connectivity index (χ4n) is 5.55. The number of hydrogen-bond acceptors (Lipinski definition) is 2. The summed E-state index contributed by atoms with van der Waals surface area (Å²) < 4.78 is 0. The summed E-state index contributed by atoms with van der Waals surface area (Å²) in [4.78, 5) is 15.1. The van der Waals surface area contributed by atoms with Crippen LogP contribution in [-0.2, 0) is 4.79 Å². The van der Waals surface area contributed by atoms with Gasteiger partial charge in [-0.15, -0.1) is 11.6 Å². The maximum absolute atomic E-state index is 12.5. The fraction of sp³-hybridized carbons (Fsp3) is 0.938. The second-order valence-electron chi connectivity index (χ2n) is 7.19. The van der Waals surface area contributed by atoms with Gasteiger partial charge in [-0.25, -0.2) is 0 Å². The average molecular weight is 282 g/mol. The summed E-state index contributed by atoms with van der Waals surface area (Å²) in [5, 5.41) is 0.398. The van der Waals surface area contributed by atoms with Gasteiger partial charge in [0.25, 0.3) is 0 Å². The minimum absolute atomic E-state index is 0.379. The second kappa shape index (κ2) is 4.73. The summed E-state index contributed by atoms with van der Waals surface area (Å²) >= 11 is 6.25. The molecule has 0 radical (unpaired) electrons. The van der Waals surface area contributed by atoms with E-state index in [1.165, 1.54) is 44.9 Å². The van der Waals surface area contributed by atoms with Crippen molar-refractivity contribution in [1.82, 2.24) is 4.90 Å². The molecular weight excluding hydrogens is 258 g/mol. The van der Waals surface area contributed by atoms with Crippen molar-refractivity contribution < 1.29 is 4.79 Å². The molecule has 0 N–H and O–H groups in total. The number of rotatable bonds is 1. The van der Waals surface area contributed by atoms with Gasteiger partial charge < -0.3 is 0 Å². The largest absolute Gasteiger partial charge is 0.299 e. The number of carbonyl (C=O) groups excluding carboxylic acids is 1. The summed E-state index contributed by atoms with van der Waals surface area (Å²) in [6.45, 7) is 1.05. The van der Waals surface area contributed by atoms with E-state index in [2.05, 4.69) is 4.90 Å². The highest BCUT2D eigenvalue weighted by Crippen LogP contribution is 2.50. The predicted octanol–water partition coefficient (Wildman–Crippen LogP) is 3.23. The normalized spacial score (nSPS) is 53.3. The maximum Gasteiger partial charge on any atom is 0.139 e. The summed E-state index contributed by atoms with van der Waals surface area (Å²) in [6.07, 6.45) is 9.61. The van der Waals surface area contributed by atoms with E-state index in [0.29, 0.717) is 29.0 Å². The standard InChI is InChI=1S/C16H24ClNO/c17-11-3-1-10(2-4-11)13-9-12-5-6-14-16(13)15(19)7-8-18(12)14/h10-14,16H,1-9H2/t10?,11?,12-,13-,14?,16?/m1/s1. The third kappa shape index (κ3) is 1.98. The van der Waals surface area contributed by atoms with Gasteiger partial charge >= 0.3 is 0 Å². The number of hydrogen-bond donors (Lipinski definition) is 0. The molecule has 0 aromatic carbocycles. The van der Waals surface area contributed by atoms with E-state index in [4.69, 9.17) is 11.6 Å². The van der Waals surface area contributed by atoms with Crippen LogP contribution in [0.25, 0.3) is 0 Å². The van der Waals surface area contributed by atoms with E-state index < -0.39 is 0 Å². The molecular formula is C16H24ClNO. The monoisotopic (exact) mass is 281 g/mol. The Morgan fingerprint density at radius 1 is 1.05 bits per heavy atom. The van der Waals surface area contributed by atoms with Gasteiger partial charge in [-0.2, -0.15) is 0 Å². The zero-order chi connectivity index (χ0) is 13.0. The third-order valence-electron chi connectivity index (χ3n) is 6.41. The van der Waals surface area contributed by atoms with Gasteiger partial charge in [-0.05, 0) is 56.8 Å². The molecule has 3 saturated heterocycles. The maximum atomic E-state index is 12.5. The van der Waals surface area contributed by atoms with Crippen molar-refractivity contribution in [3.63, 3.8) is 0 Å². The molecule has 4 rings (SSSR count). The van der Waals surface area contributed by atoms with E-state index in [1.54, 1.807) is 0 Å². The molecule has 3 heterocycles. The molecule has 0 amide bonds. The molecule has 3 heteroatoms. The van der Waals surface area contributed by atoms with Crippen LogP contribution in [0.15, 0.2) is 0 Å². The van der Waals surface area contributed by atoms with E-state index >= 15 is 0 Å². The van der Waals surface area contributed by atoms with Crippen LogP contribution in [0.4, 0.5) is 0 Å². The molecule has 106 valence electrons. The van der Waals surface area contributed by atoms with Gasteiger partial charge in [0.15, 0.2) is 0 Å². The zero-order valence-electron chi connectivity index (χ0n) is 11.6. The first-order chi connectivity index (χ1) is 9.24. The molecule has 3 unspecified atom stereocenters. The number of nitrogens with zero attached hydrogens (tertiary/aromatic N) is 1. The van der Waals surface area contributed by atoms with Crippen LogP contribution in [0, 0.1) is 17.8 Å². The minimum atomic E-state index is 0.379. The van der Waals surface area contributed by atoms with Crippen molar-refractivity contribution in [2.45, 2.75) is 68.8 Å². The molecule has 4 bridgehead atoms. The lowest BCUT2D eigenvalue weighted by Crippen LogP contribution is -2.57. The highest BCUT2D eigenvalue weighted by Gasteiger charge is 2.53. The molecule has 3 aliphatic heterocycles. The number of piperidine rings is 2. The van der Waals surface area contributed by atoms with Crippen LogP contribution < -0.4 is 0 Å². The van der Waals surface area contributed by atoms with E-state index in [-0.39, 0.29) is 0 Å². The quantitative estimate of drug-likeness (QED) is 0.688. The lowest BCUT2D eigenvalue weighted by Gasteiger charge is -2.50. The molecule has 4 fully saturated rings. The van der Waals surface area contributed by atoms with Crippen LogP contribution in [-0.4, -0.2) is 34.7 Å². The van der Waals surface area contributed by atoms with Crippen molar-refractivity contribution in [3.8, 4) is 0 Å². The van der Waals surface area contributed by atoms with Crippen LogP contribution >= 0.6 is 11.6 Å². The number of Topliss-reactive ketones (excluding diaryl/α,β-unsaturated/α-hetero) is 1. The first kappa shape index (κ1) is 12.6. The lowest BCUT2D eigenvalue weighted by atomic mass is 9.65. The predicted molar refractivity (Wildman–Crippen MR) is 76.3 cm³/mol. The molecule has 1 aliphatic carbocycles. The second-order valence-corrected chi connectivity index (χ2v) is 7.81. The molecule has 4 aliphatic rings. The van der Waals surface area contributed by atoms with Crippen LogP contribution in [0.3, 0.4) is 0 Å². The molecule has 1 saturated carbocycles. The Balaban J connectivity index is 1.57.